The second kappa shape index (κ2) is 3.59. The molecule has 1 aliphatic heterocycles. The SMILES string of the molecule is C1=CCC=CC(OCC2CO2)=C1. The van der Waals surface area contributed by atoms with Gasteiger partial charge >= 0.3 is 0 Å². The lowest BCUT2D eigenvalue weighted by Crippen LogP contribution is -1.99. The molecule has 1 atom stereocenters. The van der Waals surface area contributed by atoms with Gasteiger partial charge in [0.1, 0.15) is 18.5 Å². The fraction of sp³-hybridized carbons (Fsp3) is 0.400. The monoisotopic (exact) mass is 164 g/mol. The van der Waals surface area contributed by atoms with Crippen LogP contribution in [0.5, 0.6) is 0 Å². The molecule has 0 aromatic rings. The summed E-state index contributed by atoms with van der Waals surface area (Å²) in [7, 11) is 0. The topological polar surface area (TPSA) is 21.8 Å². The molecule has 0 radical (unpaired) electrons. The molecular formula is C10H12O2. The van der Waals surface area contributed by atoms with Crippen molar-refractivity contribution in [3.8, 4) is 0 Å². The molecule has 0 N–H and O–H groups in total. The van der Waals surface area contributed by atoms with E-state index in [1.165, 1.54) is 0 Å². The highest BCUT2D eigenvalue weighted by atomic mass is 16.6. The van der Waals surface area contributed by atoms with Crippen molar-refractivity contribution in [1.82, 2.24) is 0 Å². The van der Waals surface area contributed by atoms with Crippen LogP contribution in [0.1, 0.15) is 6.42 Å². The largest absolute Gasteiger partial charge is 0.491 e. The molecule has 0 bridgehead atoms. The first-order chi connectivity index (χ1) is 5.95. The Balaban J connectivity index is 1.83. The minimum absolute atomic E-state index is 0.339. The summed E-state index contributed by atoms with van der Waals surface area (Å²) in [4.78, 5) is 0. The first-order valence-electron chi connectivity index (χ1n) is 4.23. The van der Waals surface area contributed by atoms with Gasteiger partial charge in [0.2, 0.25) is 0 Å². The summed E-state index contributed by atoms with van der Waals surface area (Å²) in [6.07, 6.45) is 11.5. The molecule has 1 heterocycles. The molecule has 0 aromatic heterocycles. The fourth-order valence-electron chi connectivity index (χ4n) is 1.01. The van der Waals surface area contributed by atoms with E-state index in [0.717, 1.165) is 18.8 Å². The van der Waals surface area contributed by atoms with E-state index in [-0.39, 0.29) is 0 Å². The summed E-state index contributed by atoms with van der Waals surface area (Å²) >= 11 is 0. The van der Waals surface area contributed by atoms with E-state index in [4.69, 9.17) is 9.47 Å². The van der Waals surface area contributed by atoms with Crippen molar-refractivity contribution in [1.29, 1.82) is 0 Å². The van der Waals surface area contributed by atoms with Gasteiger partial charge in [0.05, 0.1) is 6.61 Å². The lowest BCUT2D eigenvalue weighted by atomic mass is 10.4. The van der Waals surface area contributed by atoms with Crippen LogP contribution < -0.4 is 0 Å². The van der Waals surface area contributed by atoms with Crippen LogP contribution in [-0.2, 0) is 9.47 Å². The molecule has 1 unspecified atom stereocenters. The molecular weight excluding hydrogens is 152 g/mol. The summed E-state index contributed by atoms with van der Waals surface area (Å²) < 4.78 is 10.5. The summed E-state index contributed by atoms with van der Waals surface area (Å²) in [5, 5.41) is 0. The van der Waals surface area contributed by atoms with Crippen molar-refractivity contribution in [3.05, 3.63) is 36.1 Å². The lowest BCUT2D eigenvalue weighted by Gasteiger charge is -2.02. The zero-order valence-corrected chi connectivity index (χ0v) is 6.90. The predicted molar refractivity (Wildman–Crippen MR) is 46.7 cm³/mol. The molecule has 1 aliphatic carbocycles. The molecule has 0 amide bonds. The van der Waals surface area contributed by atoms with Gasteiger partial charge in [-0.2, -0.15) is 0 Å². The molecule has 12 heavy (non-hydrogen) atoms. The Kier molecular flexibility index (Phi) is 2.28. The van der Waals surface area contributed by atoms with Gasteiger partial charge in [-0.3, -0.25) is 0 Å². The van der Waals surface area contributed by atoms with E-state index in [9.17, 15) is 0 Å². The Morgan fingerprint density at radius 2 is 2.42 bits per heavy atom. The normalized spacial score (nSPS) is 26.3. The van der Waals surface area contributed by atoms with Gasteiger partial charge in [0.25, 0.3) is 0 Å². The van der Waals surface area contributed by atoms with Gasteiger partial charge in [0.15, 0.2) is 0 Å². The van der Waals surface area contributed by atoms with E-state index in [1.54, 1.807) is 0 Å². The van der Waals surface area contributed by atoms with Crippen molar-refractivity contribution in [2.45, 2.75) is 12.5 Å². The summed E-state index contributed by atoms with van der Waals surface area (Å²) in [6, 6.07) is 0. The van der Waals surface area contributed by atoms with Crippen LogP contribution in [-0.4, -0.2) is 19.3 Å². The van der Waals surface area contributed by atoms with Gasteiger partial charge in [-0.25, -0.2) is 0 Å². The Morgan fingerprint density at radius 3 is 3.25 bits per heavy atom. The van der Waals surface area contributed by atoms with E-state index >= 15 is 0 Å². The second-order valence-electron chi connectivity index (χ2n) is 2.90. The molecule has 2 rings (SSSR count). The Morgan fingerprint density at radius 1 is 1.50 bits per heavy atom. The Bertz CT molecular complexity index is 234. The second-order valence-corrected chi connectivity index (χ2v) is 2.90. The van der Waals surface area contributed by atoms with Crippen molar-refractivity contribution in [2.24, 2.45) is 0 Å². The maximum Gasteiger partial charge on any atom is 0.119 e. The van der Waals surface area contributed by atoms with Crippen LogP contribution in [0.2, 0.25) is 0 Å². The van der Waals surface area contributed by atoms with Gasteiger partial charge in [-0.15, -0.1) is 0 Å². The van der Waals surface area contributed by atoms with Crippen LogP contribution in [0, 0.1) is 0 Å². The standard InChI is InChI=1S/C10H12O2/c1-2-4-6-9(5-3-1)11-7-10-8-12-10/h1,3-6,10H,2,7-8H2. The molecule has 0 spiro atoms. The van der Waals surface area contributed by atoms with Crippen LogP contribution in [0.3, 0.4) is 0 Å². The van der Waals surface area contributed by atoms with E-state index in [0.29, 0.717) is 12.7 Å². The van der Waals surface area contributed by atoms with Gasteiger partial charge < -0.3 is 9.47 Å². The van der Waals surface area contributed by atoms with E-state index in [2.05, 4.69) is 12.2 Å². The van der Waals surface area contributed by atoms with Gasteiger partial charge in [0, 0.05) is 0 Å². The number of rotatable bonds is 3. The van der Waals surface area contributed by atoms with Crippen molar-refractivity contribution in [3.63, 3.8) is 0 Å². The number of hydrogen-bond donors (Lipinski definition) is 0. The third-order valence-electron chi connectivity index (χ3n) is 1.79. The first-order valence-corrected chi connectivity index (χ1v) is 4.23. The van der Waals surface area contributed by atoms with Gasteiger partial charge in [-0.1, -0.05) is 18.2 Å². The van der Waals surface area contributed by atoms with Crippen molar-refractivity contribution in [2.75, 3.05) is 13.2 Å². The predicted octanol–water partition coefficient (Wildman–Crippen LogP) is 1.80. The minimum Gasteiger partial charge on any atom is -0.491 e. The van der Waals surface area contributed by atoms with E-state index < -0.39 is 0 Å². The van der Waals surface area contributed by atoms with Crippen LogP contribution >= 0.6 is 0 Å². The highest BCUT2D eigenvalue weighted by Crippen LogP contribution is 2.13. The Hall–Kier alpha value is -1.02. The molecule has 64 valence electrons. The lowest BCUT2D eigenvalue weighted by molar-refractivity contribution is 0.193. The van der Waals surface area contributed by atoms with Crippen molar-refractivity contribution < 1.29 is 9.47 Å². The average Bonchev–Trinajstić information content (AvgIpc) is 2.90. The summed E-state index contributed by atoms with van der Waals surface area (Å²) in [5.41, 5.74) is 0. The minimum atomic E-state index is 0.339. The molecule has 1 fully saturated rings. The third-order valence-corrected chi connectivity index (χ3v) is 1.79. The molecule has 0 aromatic carbocycles. The highest BCUT2D eigenvalue weighted by molar-refractivity contribution is 5.22. The fourth-order valence-corrected chi connectivity index (χ4v) is 1.01. The molecule has 2 aliphatic rings. The quantitative estimate of drug-likeness (QED) is 0.593. The van der Waals surface area contributed by atoms with Crippen LogP contribution in [0.25, 0.3) is 0 Å². The number of epoxide rings is 1. The Labute approximate surface area is 72.2 Å². The first kappa shape index (κ1) is 7.62. The highest BCUT2D eigenvalue weighted by Gasteiger charge is 2.23. The smallest absolute Gasteiger partial charge is 0.119 e. The number of hydrogen-bond acceptors (Lipinski definition) is 2. The zero-order valence-electron chi connectivity index (χ0n) is 6.90. The summed E-state index contributed by atoms with van der Waals surface area (Å²) in [5.74, 6) is 0.930. The van der Waals surface area contributed by atoms with Crippen molar-refractivity contribution >= 4 is 0 Å². The van der Waals surface area contributed by atoms with Crippen LogP contribution in [0.15, 0.2) is 36.1 Å². The average molecular weight is 164 g/mol. The van der Waals surface area contributed by atoms with E-state index in [1.807, 2.05) is 18.2 Å². The third kappa shape index (κ3) is 2.24. The molecule has 2 nitrogen and oxygen atoms in total. The number of allylic oxidation sites excluding steroid dienone is 5. The maximum atomic E-state index is 5.48. The molecule has 1 saturated heterocycles. The molecule has 0 saturated carbocycles. The maximum absolute atomic E-state index is 5.48. The summed E-state index contributed by atoms with van der Waals surface area (Å²) in [6.45, 7) is 1.54. The molecule has 2 heteroatoms. The number of ether oxygens (including phenoxy) is 2. The van der Waals surface area contributed by atoms with Gasteiger partial charge in [-0.05, 0) is 18.6 Å². The van der Waals surface area contributed by atoms with Crippen LogP contribution in [0.4, 0.5) is 0 Å². The zero-order chi connectivity index (χ0) is 8.23.